The minimum absolute atomic E-state index is 0.202. The Morgan fingerprint density at radius 1 is 1.12 bits per heavy atom. The molecule has 4 bridgehead atoms. The topological polar surface area (TPSA) is 40.5 Å². The van der Waals surface area contributed by atoms with Gasteiger partial charge in [0.05, 0.1) is 0 Å². The minimum atomic E-state index is 0.202. The molecule has 2 heterocycles. The fourth-order valence-corrected chi connectivity index (χ4v) is 4.22. The van der Waals surface area contributed by atoms with E-state index in [1.165, 1.54) is 19.3 Å². The quantitative estimate of drug-likeness (QED) is 0.786. The maximum absolute atomic E-state index is 12.3. The average molecular weight is 223 g/mol. The lowest BCUT2D eigenvalue weighted by Crippen LogP contribution is -2.41. The number of amides is 1. The Hall–Kier alpha value is -0.570. The summed E-state index contributed by atoms with van der Waals surface area (Å²) < 4.78 is 0. The maximum atomic E-state index is 12.3. The van der Waals surface area contributed by atoms with E-state index >= 15 is 0 Å². The largest absolute Gasteiger partial charge is 0.396 e. The van der Waals surface area contributed by atoms with Gasteiger partial charge in [-0.15, -0.1) is 0 Å². The van der Waals surface area contributed by atoms with Crippen LogP contribution in [0, 0.1) is 17.8 Å². The van der Waals surface area contributed by atoms with Gasteiger partial charge in [-0.2, -0.15) is 0 Å². The van der Waals surface area contributed by atoms with E-state index in [0.717, 1.165) is 37.6 Å². The molecule has 4 aliphatic rings. The van der Waals surface area contributed by atoms with Crippen molar-refractivity contribution in [2.75, 3.05) is 13.2 Å². The van der Waals surface area contributed by atoms with Crippen LogP contribution in [0.15, 0.2) is 0 Å². The first-order chi connectivity index (χ1) is 7.78. The van der Waals surface area contributed by atoms with Crippen molar-refractivity contribution in [1.29, 1.82) is 0 Å². The molecule has 2 unspecified atom stereocenters. The molecular formula is C13H21NO2. The zero-order valence-corrected chi connectivity index (χ0v) is 9.77. The molecular weight excluding hydrogens is 202 g/mol. The molecule has 4 atom stereocenters. The van der Waals surface area contributed by atoms with Crippen molar-refractivity contribution >= 4 is 5.91 Å². The molecule has 2 saturated carbocycles. The smallest absolute Gasteiger partial charge is 0.225 e. The Morgan fingerprint density at radius 3 is 2.44 bits per heavy atom. The summed E-state index contributed by atoms with van der Waals surface area (Å²) in [6, 6.07) is 0.496. The summed E-state index contributed by atoms with van der Waals surface area (Å²) in [5, 5.41) is 8.92. The predicted molar refractivity (Wildman–Crippen MR) is 60.8 cm³/mol. The summed E-state index contributed by atoms with van der Waals surface area (Å²) in [5.74, 6) is 2.33. The number of fused-ring (bicyclic) bond motifs is 1. The zero-order valence-electron chi connectivity index (χ0n) is 9.77. The molecule has 1 amide bonds. The van der Waals surface area contributed by atoms with Gasteiger partial charge in [-0.05, 0) is 50.4 Å². The monoisotopic (exact) mass is 223 g/mol. The number of hydrogen-bond acceptors (Lipinski definition) is 2. The molecule has 0 aromatic heterocycles. The number of carbonyl (C=O) groups is 1. The molecule has 3 heteroatoms. The van der Waals surface area contributed by atoms with Gasteiger partial charge in [-0.25, -0.2) is 0 Å². The second kappa shape index (κ2) is 4.02. The van der Waals surface area contributed by atoms with Crippen LogP contribution in [0.1, 0.15) is 38.5 Å². The number of hydrogen-bond donors (Lipinski definition) is 1. The predicted octanol–water partition coefficient (Wildman–Crippen LogP) is 1.41. The van der Waals surface area contributed by atoms with Gasteiger partial charge in [-0.3, -0.25) is 4.79 Å². The fraction of sp³-hybridized carbons (Fsp3) is 0.923. The van der Waals surface area contributed by atoms with Crippen LogP contribution in [0.4, 0.5) is 0 Å². The molecule has 3 nitrogen and oxygen atoms in total. The van der Waals surface area contributed by atoms with Crippen molar-refractivity contribution in [1.82, 2.24) is 4.90 Å². The van der Waals surface area contributed by atoms with Gasteiger partial charge in [0, 0.05) is 25.1 Å². The van der Waals surface area contributed by atoms with Crippen LogP contribution >= 0.6 is 0 Å². The van der Waals surface area contributed by atoms with E-state index in [1.54, 1.807) is 0 Å². The Bertz CT molecular complexity index is 278. The molecule has 2 saturated heterocycles. The molecule has 4 rings (SSSR count). The van der Waals surface area contributed by atoms with Gasteiger partial charge in [-0.1, -0.05) is 0 Å². The first kappa shape index (κ1) is 10.6. The number of aliphatic hydroxyl groups is 1. The second-order valence-corrected chi connectivity index (χ2v) is 5.87. The van der Waals surface area contributed by atoms with Crippen molar-refractivity contribution in [3.63, 3.8) is 0 Å². The van der Waals surface area contributed by atoms with Crippen molar-refractivity contribution in [3.8, 4) is 0 Å². The van der Waals surface area contributed by atoms with E-state index < -0.39 is 0 Å². The van der Waals surface area contributed by atoms with Crippen LogP contribution in [0.3, 0.4) is 0 Å². The summed E-state index contributed by atoms with van der Waals surface area (Å²) in [5.41, 5.74) is 0. The van der Waals surface area contributed by atoms with E-state index in [-0.39, 0.29) is 6.61 Å². The van der Waals surface area contributed by atoms with Crippen molar-refractivity contribution in [2.45, 2.75) is 44.6 Å². The molecule has 4 fully saturated rings. The minimum Gasteiger partial charge on any atom is -0.396 e. The molecule has 90 valence electrons. The molecule has 0 radical (unpaired) electrons. The molecule has 2 aliphatic carbocycles. The van der Waals surface area contributed by atoms with Crippen LogP contribution in [-0.4, -0.2) is 35.1 Å². The number of carbonyl (C=O) groups excluding carboxylic acids is 1. The highest BCUT2D eigenvalue weighted by Crippen LogP contribution is 2.47. The van der Waals surface area contributed by atoms with Crippen LogP contribution in [0.5, 0.6) is 0 Å². The Morgan fingerprint density at radius 2 is 1.81 bits per heavy atom. The summed E-state index contributed by atoms with van der Waals surface area (Å²) in [7, 11) is 0. The Balaban J connectivity index is 1.81. The van der Waals surface area contributed by atoms with E-state index in [2.05, 4.69) is 4.90 Å². The van der Waals surface area contributed by atoms with Crippen molar-refractivity contribution in [2.24, 2.45) is 17.8 Å². The Labute approximate surface area is 96.8 Å². The third kappa shape index (κ3) is 1.65. The standard InChI is InChI=1S/C13H21NO2/c15-3-1-2-14-12-7-9-4-10(8-12)6-11(5-9)13(14)16/h9-12,15H,1-8H2/t9-,10+,11?,12?. The Kier molecular flexibility index (Phi) is 2.66. The molecule has 0 spiro atoms. The van der Waals surface area contributed by atoms with Crippen LogP contribution < -0.4 is 0 Å². The lowest BCUT2D eigenvalue weighted by Gasteiger charge is -2.38. The van der Waals surface area contributed by atoms with Crippen LogP contribution in [0.2, 0.25) is 0 Å². The van der Waals surface area contributed by atoms with Crippen molar-refractivity contribution in [3.05, 3.63) is 0 Å². The summed E-state index contributed by atoms with van der Waals surface area (Å²) >= 11 is 0. The molecule has 0 aromatic carbocycles. The summed E-state index contributed by atoms with van der Waals surface area (Å²) in [6.45, 7) is 0.976. The number of rotatable bonds is 3. The lowest BCUT2D eigenvalue weighted by molar-refractivity contribution is -0.136. The zero-order chi connectivity index (χ0) is 11.1. The van der Waals surface area contributed by atoms with Gasteiger partial charge in [0.2, 0.25) is 5.91 Å². The first-order valence-corrected chi connectivity index (χ1v) is 6.69. The third-order valence-corrected chi connectivity index (χ3v) is 4.74. The van der Waals surface area contributed by atoms with Gasteiger partial charge >= 0.3 is 0 Å². The highest BCUT2D eigenvalue weighted by atomic mass is 16.3. The van der Waals surface area contributed by atoms with E-state index in [9.17, 15) is 4.79 Å². The van der Waals surface area contributed by atoms with E-state index in [0.29, 0.717) is 17.9 Å². The summed E-state index contributed by atoms with van der Waals surface area (Å²) in [4.78, 5) is 14.4. The normalized spacial score (nSPS) is 41.6. The van der Waals surface area contributed by atoms with Gasteiger partial charge in [0.1, 0.15) is 0 Å². The molecule has 16 heavy (non-hydrogen) atoms. The second-order valence-electron chi connectivity index (χ2n) is 5.87. The van der Waals surface area contributed by atoms with Crippen LogP contribution in [0.25, 0.3) is 0 Å². The first-order valence-electron chi connectivity index (χ1n) is 6.69. The molecule has 0 aromatic rings. The highest BCUT2D eigenvalue weighted by molar-refractivity contribution is 5.80. The number of nitrogens with zero attached hydrogens (tertiary/aromatic N) is 1. The highest BCUT2D eigenvalue weighted by Gasteiger charge is 2.46. The van der Waals surface area contributed by atoms with Crippen molar-refractivity contribution < 1.29 is 9.90 Å². The van der Waals surface area contributed by atoms with Gasteiger partial charge in [0.15, 0.2) is 0 Å². The van der Waals surface area contributed by atoms with E-state index in [1.807, 2.05) is 0 Å². The lowest BCUT2D eigenvalue weighted by atomic mass is 9.68. The fourth-order valence-electron chi connectivity index (χ4n) is 4.22. The van der Waals surface area contributed by atoms with Gasteiger partial charge < -0.3 is 10.0 Å². The third-order valence-electron chi connectivity index (χ3n) is 4.74. The molecule has 1 N–H and O–H groups in total. The summed E-state index contributed by atoms with van der Waals surface area (Å²) in [6.07, 6.45) is 6.84. The van der Waals surface area contributed by atoms with Gasteiger partial charge in [0.25, 0.3) is 0 Å². The number of aliphatic hydroxyl groups excluding tert-OH is 1. The van der Waals surface area contributed by atoms with Crippen LogP contribution in [-0.2, 0) is 4.79 Å². The SMILES string of the molecule is O=C1C2C[C@@H]3CC(C[C@H](C2)C3)N1CCCO. The maximum Gasteiger partial charge on any atom is 0.225 e. The molecule has 2 aliphatic heterocycles. The average Bonchev–Trinajstić information content (AvgIpc) is 2.40. The van der Waals surface area contributed by atoms with E-state index in [4.69, 9.17) is 5.11 Å².